The third-order valence-corrected chi connectivity index (χ3v) is 15.2. The Morgan fingerprint density at radius 3 is 1.82 bits per heavy atom. The zero-order valence-corrected chi connectivity index (χ0v) is 36.6. The van der Waals surface area contributed by atoms with Crippen LogP contribution < -0.4 is 20.6 Å². The van der Waals surface area contributed by atoms with Crippen LogP contribution >= 0.6 is 0 Å². The number of furan rings is 1. The molecule has 0 radical (unpaired) electrons. The average molecular weight is 753 g/mol. The van der Waals surface area contributed by atoms with Crippen LogP contribution in [0.25, 0.3) is 21.7 Å². The van der Waals surface area contributed by atoms with Crippen molar-refractivity contribution in [1.82, 2.24) is 0 Å². The van der Waals surface area contributed by atoms with Crippen LogP contribution in [0.5, 0.6) is 0 Å². The Kier molecular flexibility index (Phi) is 7.65. The molecule has 3 heterocycles. The van der Waals surface area contributed by atoms with Gasteiger partial charge in [-0.25, -0.2) is 0 Å². The van der Waals surface area contributed by atoms with Gasteiger partial charge in [0.2, 0.25) is 5.88 Å². The Morgan fingerprint density at radius 2 is 1.19 bits per heavy atom. The van der Waals surface area contributed by atoms with Gasteiger partial charge in [0.1, 0.15) is 5.58 Å². The predicted molar refractivity (Wildman–Crippen MR) is 245 cm³/mol. The van der Waals surface area contributed by atoms with E-state index in [2.05, 4.69) is 172 Å². The van der Waals surface area contributed by atoms with Crippen molar-refractivity contribution in [2.75, 3.05) is 16.3 Å². The zero-order chi connectivity index (χ0) is 40.2. The summed E-state index contributed by atoms with van der Waals surface area (Å²) in [4.78, 5) is 5.27. The van der Waals surface area contributed by atoms with E-state index in [0.29, 0.717) is 0 Å². The molecule has 0 saturated heterocycles. The molecule has 3 nitrogen and oxygen atoms in total. The lowest BCUT2D eigenvalue weighted by atomic mass is 9.43. The topological polar surface area (TPSA) is 19.6 Å². The average Bonchev–Trinajstić information content (AvgIpc) is 3.53. The standard InChI is InChI=1S/C53H61BN2O/c1-32-27-39-41(52(9,10)24-22-50(39,5)6)30-43(32)56-44-28-33-15-13-14-16-36(33)37-21-26-55(35-19-17-34(18-20-35)49(2,3)4)54(46(37)44)47-38-29-40-42(31-45(38)57-48(47)56)53(11,12)25-23-51(40,7)8/h13-20,27-31H,21-26H2,1-12H3. The van der Waals surface area contributed by atoms with E-state index >= 15 is 0 Å². The molecule has 0 N–H and O–H groups in total. The lowest BCUT2D eigenvalue weighted by Crippen LogP contribution is -2.64. The number of anilines is 4. The molecule has 2 aliphatic heterocycles. The van der Waals surface area contributed by atoms with Gasteiger partial charge in [0, 0.05) is 28.8 Å². The summed E-state index contributed by atoms with van der Waals surface area (Å²) in [6.45, 7) is 29.8. The maximum absolute atomic E-state index is 7.49. The van der Waals surface area contributed by atoms with E-state index in [1.807, 2.05) is 0 Å². The highest BCUT2D eigenvalue weighted by Gasteiger charge is 2.48. The van der Waals surface area contributed by atoms with Crippen LogP contribution in [0.2, 0.25) is 0 Å². The third-order valence-electron chi connectivity index (χ3n) is 15.2. The summed E-state index contributed by atoms with van der Waals surface area (Å²) in [6, 6.07) is 31.2. The molecule has 57 heavy (non-hydrogen) atoms. The Bertz CT molecular complexity index is 2650. The molecule has 0 bridgehead atoms. The van der Waals surface area contributed by atoms with Crippen molar-refractivity contribution >= 4 is 62.5 Å². The molecule has 0 spiro atoms. The zero-order valence-electron chi connectivity index (χ0n) is 36.6. The van der Waals surface area contributed by atoms with Gasteiger partial charge in [0.25, 0.3) is 0 Å². The molecule has 0 atom stereocenters. The van der Waals surface area contributed by atoms with Gasteiger partial charge in [0.15, 0.2) is 0 Å². The summed E-state index contributed by atoms with van der Waals surface area (Å²) in [6.07, 6.45) is 5.72. The van der Waals surface area contributed by atoms with Crippen molar-refractivity contribution in [2.24, 2.45) is 0 Å². The minimum absolute atomic E-state index is 0.00686. The molecule has 4 aliphatic rings. The first kappa shape index (κ1) is 36.9. The van der Waals surface area contributed by atoms with Crippen LogP contribution in [0, 0.1) is 6.92 Å². The third kappa shape index (κ3) is 5.37. The fraction of sp³-hybridized carbons (Fsp3) is 0.434. The second kappa shape index (κ2) is 11.8. The van der Waals surface area contributed by atoms with Gasteiger partial charge in [-0.1, -0.05) is 119 Å². The Labute approximate surface area is 341 Å². The molecule has 4 heteroatoms. The summed E-state index contributed by atoms with van der Waals surface area (Å²) in [5, 5.41) is 3.95. The highest BCUT2D eigenvalue weighted by Crippen LogP contribution is 2.52. The van der Waals surface area contributed by atoms with Crippen molar-refractivity contribution in [3.05, 3.63) is 118 Å². The van der Waals surface area contributed by atoms with E-state index in [-0.39, 0.29) is 33.9 Å². The van der Waals surface area contributed by atoms with Gasteiger partial charge in [-0.3, -0.25) is 4.90 Å². The highest BCUT2D eigenvalue weighted by atomic mass is 16.4. The molecule has 5 aromatic carbocycles. The second-order valence-corrected chi connectivity index (χ2v) is 21.9. The number of hydrogen-bond donors (Lipinski definition) is 0. The van der Waals surface area contributed by atoms with E-state index < -0.39 is 0 Å². The van der Waals surface area contributed by atoms with Crippen LogP contribution in [-0.2, 0) is 33.5 Å². The number of aryl methyl sites for hydroxylation is 1. The molecule has 1 aromatic heterocycles. The molecule has 6 aromatic rings. The first-order chi connectivity index (χ1) is 26.8. The molecule has 292 valence electrons. The quantitative estimate of drug-likeness (QED) is 0.164. The number of rotatable bonds is 2. The summed E-state index contributed by atoms with van der Waals surface area (Å²) < 4.78 is 7.49. The summed E-state index contributed by atoms with van der Waals surface area (Å²) in [7, 11) is 0. The summed E-state index contributed by atoms with van der Waals surface area (Å²) in [5.74, 6) is 0.982. The molecular formula is C53H61BN2O. The lowest BCUT2D eigenvalue weighted by molar-refractivity contribution is 0.332. The monoisotopic (exact) mass is 752 g/mol. The van der Waals surface area contributed by atoms with Crippen LogP contribution in [0.3, 0.4) is 0 Å². The number of fused-ring (bicyclic) bond motifs is 8. The molecule has 2 aliphatic carbocycles. The van der Waals surface area contributed by atoms with Gasteiger partial charge >= 0.3 is 6.85 Å². The van der Waals surface area contributed by atoms with E-state index in [1.165, 1.54) is 109 Å². The largest absolute Gasteiger partial charge is 0.440 e. The summed E-state index contributed by atoms with van der Waals surface area (Å²) >= 11 is 0. The Balaban J connectivity index is 1.32. The maximum Gasteiger partial charge on any atom is 0.332 e. The van der Waals surface area contributed by atoms with Crippen molar-refractivity contribution < 1.29 is 4.42 Å². The molecule has 0 unspecified atom stereocenters. The van der Waals surface area contributed by atoms with E-state index in [1.54, 1.807) is 0 Å². The first-order valence-electron chi connectivity index (χ1n) is 21.8. The van der Waals surface area contributed by atoms with Crippen molar-refractivity contribution in [2.45, 2.75) is 142 Å². The highest BCUT2D eigenvalue weighted by molar-refractivity contribution is 6.93. The van der Waals surface area contributed by atoms with Gasteiger partial charge in [-0.05, 0) is 158 Å². The molecule has 0 fully saturated rings. The van der Waals surface area contributed by atoms with Gasteiger partial charge in [-0.15, -0.1) is 0 Å². The molecule has 10 rings (SSSR count). The van der Waals surface area contributed by atoms with E-state index in [0.717, 1.165) is 24.4 Å². The van der Waals surface area contributed by atoms with Gasteiger partial charge < -0.3 is 9.23 Å². The van der Waals surface area contributed by atoms with E-state index in [4.69, 9.17) is 4.42 Å². The SMILES string of the molecule is Cc1cc2c(cc1N1c3cc4ccccc4c4c3B(c3c1oc1cc5c(cc31)C(C)(C)CCC5(C)C)N(c1ccc(C(C)(C)C)cc1)CC4)C(C)(C)CCC2(C)C. The fourth-order valence-corrected chi connectivity index (χ4v) is 11.3. The maximum atomic E-state index is 7.49. The fourth-order valence-electron chi connectivity index (χ4n) is 11.3. The van der Waals surface area contributed by atoms with Gasteiger partial charge in [-0.2, -0.15) is 0 Å². The molecular weight excluding hydrogens is 691 g/mol. The Morgan fingerprint density at radius 1 is 0.614 bits per heavy atom. The van der Waals surface area contributed by atoms with Gasteiger partial charge in [0.05, 0.1) is 5.69 Å². The summed E-state index contributed by atoms with van der Waals surface area (Å²) in [5.41, 5.74) is 18.1. The minimum Gasteiger partial charge on any atom is -0.440 e. The van der Waals surface area contributed by atoms with Crippen LogP contribution in [-0.4, -0.2) is 13.4 Å². The number of nitrogens with zero attached hydrogens (tertiary/aromatic N) is 2. The number of benzene rings is 5. The Hall–Kier alpha value is -4.44. The lowest BCUT2D eigenvalue weighted by Gasteiger charge is -2.45. The first-order valence-corrected chi connectivity index (χ1v) is 21.8. The smallest absolute Gasteiger partial charge is 0.332 e. The minimum atomic E-state index is 0.00686. The normalized spacial score (nSPS) is 20.0. The van der Waals surface area contributed by atoms with Crippen molar-refractivity contribution in [1.29, 1.82) is 0 Å². The van der Waals surface area contributed by atoms with Crippen LogP contribution in [0.1, 0.15) is 141 Å². The van der Waals surface area contributed by atoms with Crippen molar-refractivity contribution in [3.63, 3.8) is 0 Å². The molecule has 0 amide bonds. The second-order valence-electron chi connectivity index (χ2n) is 21.9. The molecule has 0 saturated carbocycles. The van der Waals surface area contributed by atoms with Crippen molar-refractivity contribution in [3.8, 4) is 0 Å². The van der Waals surface area contributed by atoms with Crippen LogP contribution in [0.4, 0.5) is 22.9 Å². The van der Waals surface area contributed by atoms with Crippen LogP contribution in [0.15, 0.2) is 83.3 Å². The number of hydrogen-bond acceptors (Lipinski definition) is 3. The predicted octanol–water partition coefficient (Wildman–Crippen LogP) is 12.8. The van der Waals surface area contributed by atoms with E-state index in [9.17, 15) is 0 Å².